The van der Waals surface area contributed by atoms with Gasteiger partial charge in [-0.2, -0.15) is 0 Å². The maximum atomic E-state index is 12.7. The number of benzene rings is 1. The SMILES string of the molecule is CC1CCCN(C(=O)c2ccc(N3CCC(Cc4ccccc4)CC3)nn2)C1. The lowest BCUT2D eigenvalue weighted by Crippen LogP contribution is -2.39. The summed E-state index contributed by atoms with van der Waals surface area (Å²) in [7, 11) is 0. The van der Waals surface area contributed by atoms with Crippen LogP contribution in [-0.4, -0.2) is 47.2 Å². The van der Waals surface area contributed by atoms with E-state index in [9.17, 15) is 4.79 Å². The molecular weight excluding hydrogens is 348 g/mol. The van der Waals surface area contributed by atoms with Crippen LogP contribution >= 0.6 is 0 Å². The molecule has 1 atom stereocenters. The average Bonchev–Trinajstić information content (AvgIpc) is 2.75. The van der Waals surface area contributed by atoms with Crippen LogP contribution in [0.25, 0.3) is 0 Å². The molecule has 2 saturated heterocycles. The fourth-order valence-electron chi connectivity index (χ4n) is 4.46. The molecule has 0 saturated carbocycles. The molecule has 5 nitrogen and oxygen atoms in total. The third-order valence-electron chi connectivity index (χ3n) is 6.12. The lowest BCUT2D eigenvalue weighted by Gasteiger charge is -2.33. The predicted molar refractivity (Wildman–Crippen MR) is 111 cm³/mol. The molecule has 5 heteroatoms. The standard InChI is InChI=1S/C23H30N4O/c1-18-6-5-13-27(17-18)23(28)21-9-10-22(25-24-21)26-14-11-20(12-15-26)16-19-7-3-2-4-8-19/h2-4,7-10,18,20H,5-6,11-17H2,1H3. The first-order valence-corrected chi connectivity index (χ1v) is 10.6. The first kappa shape index (κ1) is 18.9. The Morgan fingerprint density at radius 3 is 2.46 bits per heavy atom. The highest BCUT2D eigenvalue weighted by atomic mass is 16.2. The minimum absolute atomic E-state index is 0.0205. The van der Waals surface area contributed by atoms with Gasteiger partial charge in [-0.3, -0.25) is 4.79 Å². The maximum absolute atomic E-state index is 12.7. The zero-order chi connectivity index (χ0) is 19.3. The summed E-state index contributed by atoms with van der Waals surface area (Å²) in [4.78, 5) is 16.9. The zero-order valence-electron chi connectivity index (χ0n) is 16.8. The molecular formula is C23H30N4O. The van der Waals surface area contributed by atoms with Gasteiger partial charge in [0.1, 0.15) is 0 Å². The molecule has 2 aliphatic rings. The topological polar surface area (TPSA) is 49.3 Å². The van der Waals surface area contributed by atoms with Gasteiger partial charge in [0.05, 0.1) is 0 Å². The predicted octanol–water partition coefficient (Wildman–Crippen LogP) is 3.81. The van der Waals surface area contributed by atoms with Crippen molar-refractivity contribution in [3.63, 3.8) is 0 Å². The number of nitrogens with zero attached hydrogens (tertiary/aromatic N) is 4. The van der Waals surface area contributed by atoms with E-state index >= 15 is 0 Å². The van der Waals surface area contributed by atoms with E-state index in [-0.39, 0.29) is 5.91 Å². The van der Waals surface area contributed by atoms with E-state index in [1.807, 2.05) is 17.0 Å². The highest BCUT2D eigenvalue weighted by Gasteiger charge is 2.24. The van der Waals surface area contributed by atoms with Gasteiger partial charge in [-0.25, -0.2) is 0 Å². The number of aromatic nitrogens is 2. The van der Waals surface area contributed by atoms with Crippen LogP contribution in [0.4, 0.5) is 5.82 Å². The third-order valence-corrected chi connectivity index (χ3v) is 6.12. The number of piperidine rings is 2. The van der Waals surface area contributed by atoms with Crippen LogP contribution in [0.2, 0.25) is 0 Å². The van der Waals surface area contributed by atoms with Crippen molar-refractivity contribution in [2.24, 2.45) is 11.8 Å². The number of anilines is 1. The molecule has 2 aromatic rings. The van der Waals surface area contributed by atoms with Gasteiger partial charge in [0.15, 0.2) is 11.5 Å². The zero-order valence-corrected chi connectivity index (χ0v) is 16.8. The second-order valence-corrected chi connectivity index (χ2v) is 8.40. The minimum Gasteiger partial charge on any atom is -0.355 e. The Bertz CT molecular complexity index is 769. The molecule has 2 aliphatic heterocycles. The van der Waals surface area contributed by atoms with Crippen molar-refractivity contribution in [3.8, 4) is 0 Å². The minimum atomic E-state index is 0.0205. The maximum Gasteiger partial charge on any atom is 0.274 e. The number of hydrogen-bond acceptors (Lipinski definition) is 4. The molecule has 0 spiro atoms. The van der Waals surface area contributed by atoms with Crippen LogP contribution in [0.1, 0.15) is 48.7 Å². The Kier molecular flexibility index (Phi) is 5.89. The highest BCUT2D eigenvalue weighted by molar-refractivity contribution is 5.92. The summed E-state index contributed by atoms with van der Waals surface area (Å²) in [5.41, 5.74) is 1.90. The summed E-state index contributed by atoms with van der Waals surface area (Å²) in [5, 5.41) is 8.63. The van der Waals surface area contributed by atoms with Gasteiger partial charge in [-0.15, -0.1) is 10.2 Å². The van der Waals surface area contributed by atoms with Gasteiger partial charge in [0.25, 0.3) is 5.91 Å². The normalized spacial score (nSPS) is 21.0. The fraction of sp³-hybridized carbons (Fsp3) is 0.522. The van der Waals surface area contributed by atoms with E-state index < -0.39 is 0 Å². The monoisotopic (exact) mass is 378 g/mol. The van der Waals surface area contributed by atoms with E-state index in [1.165, 1.54) is 24.8 Å². The van der Waals surface area contributed by atoms with Crippen molar-refractivity contribution in [2.75, 3.05) is 31.1 Å². The van der Waals surface area contributed by atoms with Gasteiger partial charge in [-0.1, -0.05) is 37.3 Å². The Hall–Kier alpha value is -2.43. The fourth-order valence-corrected chi connectivity index (χ4v) is 4.46. The number of carbonyl (C=O) groups excluding carboxylic acids is 1. The molecule has 1 amide bonds. The van der Waals surface area contributed by atoms with Crippen LogP contribution < -0.4 is 4.90 Å². The van der Waals surface area contributed by atoms with Crippen LogP contribution in [0.3, 0.4) is 0 Å². The Morgan fingerprint density at radius 1 is 1.00 bits per heavy atom. The number of rotatable bonds is 4. The molecule has 0 aliphatic carbocycles. The lowest BCUT2D eigenvalue weighted by molar-refractivity contribution is 0.0676. The summed E-state index contributed by atoms with van der Waals surface area (Å²) in [5.74, 6) is 2.21. The molecule has 3 heterocycles. The van der Waals surface area contributed by atoms with E-state index in [1.54, 1.807) is 0 Å². The van der Waals surface area contributed by atoms with Crippen molar-refractivity contribution < 1.29 is 4.79 Å². The summed E-state index contributed by atoms with van der Waals surface area (Å²) >= 11 is 0. The van der Waals surface area contributed by atoms with Crippen molar-refractivity contribution in [3.05, 3.63) is 53.7 Å². The van der Waals surface area contributed by atoms with Gasteiger partial charge < -0.3 is 9.80 Å². The molecule has 0 radical (unpaired) electrons. The van der Waals surface area contributed by atoms with Crippen LogP contribution in [-0.2, 0) is 6.42 Å². The first-order valence-electron chi connectivity index (χ1n) is 10.6. The molecule has 148 valence electrons. The van der Waals surface area contributed by atoms with Crippen molar-refractivity contribution in [1.29, 1.82) is 0 Å². The highest BCUT2D eigenvalue weighted by Crippen LogP contribution is 2.25. The quantitative estimate of drug-likeness (QED) is 0.812. The van der Waals surface area contributed by atoms with E-state index in [0.717, 1.165) is 50.8 Å². The van der Waals surface area contributed by atoms with Crippen molar-refractivity contribution >= 4 is 11.7 Å². The average molecular weight is 379 g/mol. The molecule has 2 fully saturated rings. The number of amides is 1. The van der Waals surface area contributed by atoms with E-state index in [2.05, 4.69) is 52.4 Å². The molecule has 0 bridgehead atoms. The summed E-state index contributed by atoms with van der Waals surface area (Å²) in [6.45, 7) is 5.88. The Labute approximate surface area is 167 Å². The van der Waals surface area contributed by atoms with E-state index in [4.69, 9.17) is 0 Å². The van der Waals surface area contributed by atoms with Gasteiger partial charge in [0.2, 0.25) is 0 Å². The van der Waals surface area contributed by atoms with Gasteiger partial charge in [-0.05, 0) is 61.6 Å². The van der Waals surface area contributed by atoms with Crippen molar-refractivity contribution in [1.82, 2.24) is 15.1 Å². The number of hydrogen-bond donors (Lipinski definition) is 0. The van der Waals surface area contributed by atoms with Gasteiger partial charge >= 0.3 is 0 Å². The molecule has 1 unspecified atom stereocenters. The molecule has 28 heavy (non-hydrogen) atoms. The Balaban J connectivity index is 1.31. The van der Waals surface area contributed by atoms with E-state index in [0.29, 0.717) is 11.6 Å². The second-order valence-electron chi connectivity index (χ2n) is 8.40. The smallest absolute Gasteiger partial charge is 0.274 e. The summed E-state index contributed by atoms with van der Waals surface area (Å²) in [6, 6.07) is 14.6. The number of carbonyl (C=O) groups is 1. The van der Waals surface area contributed by atoms with Crippen molar-refractivity contribution in [2.45, 2.75) is 39.0 Å². The third kappa shape index (κ3) is 4.51. The molecule has 1 aromatic heterocycles. The van der Waals surface area contributed by atoms with Crippen LogP contribution in [0.5, 0.6) is 0 Å². The Morgan fingerprint density at radius 2 is 1.79 bits per heavy atom. The van der Waals surface area contributed by atoms with Gasteiger partial charge in [0, 0.05) is 26.2 Å². The lowest BCUT2D eigenvalue weighted by atomic mass is 9.90. The molecule has 0 N–H and O–H groups in total. The summed E-state index contributed by atoms with van der Waals surface area (Å²) < 4.78 is 0. The largest absolute Gasteiger partial charge is 0.355 e. The first-order chi connectivity index (χ1) is 13.7. The second kappa shape index (κ2) is 8.72. The van der Waals surface area contributed by atoms with Crippen LogP contribution in [0.15, 0.2) is 42.5 Å². The number of likely N-dealkylation sites (tertiary alicyclic amines) is 1. The molecule has 1 aromatic carbocycles. The molecule has 4 rings (SSSR count). The summed E-state index contributed by atoms with van der Waals surface area (Å²) in [6.07, 6.45) is 5.78. The van der Waals surface area contributed by atoms with Crippen LogP contribution in [0, 0.1) is 11.8 Å².